The fourth-order valence-corrected chi connectivity index (χ4v) is 2.78. The highest BCUT2D eigenvalue weighted by Crippen LogP contribution is 2.10. The third-order valence-corrected chi connectivity index (χ3v) is 4.65. The minimum atomic E-state index is -0.434. The van der Waals surface area contributed by atoms with Crippen molar-refractivity contribution in [1.29, 1.82) is 0 Å². The van der Waals surface area contributed by atoms with Gasteiger partial charge in [-0.1, -0.05) is 55.4 Å². The number of thiol groups is 1. The second kappa shape index (κ2) is 26.8. The van der Waals surface area contributed by atoms with Crippen LogP contribution in [0.3, 0.4) is 0 Å². The van der Waals surface area contributed by atoms with Gasteiger partial charge in [0.1, 0.15) is 0 Å². The molecule has 0 aliphatic heterocycles. The van der Waals surface area contributed by atoms with Crippen LogP contribution in [0.5, 0.6) is 0 Å². The van der Waals surface area contributed by atoms with Crippen LogP contribution in [0.15, 0.2) is 0 Å². The Bertz CT molecular complexity index is 460. The van der Waals surface area contributed by atoms with Gasteiger partial charge in [0, 0.05) is 25.0 Å². The Morgan fingerprint density at radius 2 is 1.32 bits per heavy atom. The summed E-state index contributed by atoms with van der Waals surface area (Å²) in [4.78, 5) is 23.9. The van der Waals surface area contributed by atoms with Gasteiger partial charge in [-0.2, -0.15) is 12.6 Å². The van der Waals surface area contributed by atoms with Crippen LogP contribution >= 0.6 is 12.6 Å². The molecule has 0 saturated heterocycles. The molecule has 3 atom stereocenters. The van der Waals surface area contributed by atoms with Crippen molar-refractivity contribution in [3.8, 4) is 0 Å². The van der Waals surface area contributed by atoms with Gasteiger partial charge in [-0.3, -0.25) is 9.59 Å². The number of hydrogen-bond acceptors (Lipinski definition) is 5. The molecule has 0 aliphatic carbocycles. The van der Waals surface area contributed by atoms with Gasteiger partial charge in [0.15, 0.2) is 0 Å². The summed E-state index contributed by atoms with van der Waals surface area (Å²) >= 11 is 4.19. The number of amides is 2. The summed E-state index contributed by atoms with van der Waals surface area (Å²) in [5.41, 5.74) is -0.434. The quantitative estimate of drug-likeness (QED) is 0.223. The summed E-state index contributed by atoms with van der Waals surface area (Å²) < 4.78 is 11.5. The maximum absolute atomic E-state index is 12.1. The zero-order valence-corrected chi connectivity index (χ0v) is 25.7. The van der Waals surface area contributed by atoms with Crippen LogP contribution in [-0.4, -0.2) is 54.6 Å². The van der Waals surface area contributed by atoms with E-state index in [0.29, 0.717) is 26.1 Å². The summed E-state index contributed by atoms with van der Waals surface area (Å²) in [6.07, 6.45) is 2.93. The fraction of sp³-hybridized carbons (Fsp3) is 0.926. The third-order valence-electron chi connectivity index (χ3n) is 4.39. The molecule has 0 fully saturated rings. The van der Waals surface area contributed by atoms with E-state index in [9.17, 15) is 9.59 Å². The topological polar surface area (TPSA) is 76.7 Å². The molecule has 0 rings (SSSR count). The Morgan fingerprint density at radius 3 is 1.79 bits per heavy atom. The standard InChI is InChI=1S/C21H42N2O4S.3C2H6/c1-15(2)20(25)23-21(6,7)14-27-17(4)8-9-19(24)22-16(3)10-12-26-18(5)11-13-28;3*1-2/h15-18,28H,8-14H2,1-7H3,(H,22,24)(H,23,25);3*1-2H3. The first kappa shape index (κ1) is 40.4. The van der Waals surface area contributed by atoms with Gasteiger partial charge in [-0.05, 0) is 59.6 Å². The van der Waals surface area contributed by atoms with Crippen LogP contribution in [-0.2, 0) is 19.1 Å². The van der Waals surface area contributed by atoms with Crippen molar-refractivity contribution in [2.45, 2.75) is 139 Å². The van der Waals surface area contributed by atoms with Crippen molar-refractivity contribution < 1.29 is 19.1 Å². The van der Waals surface area contributed by atoms with Crippen molar-refractivity contribution in [2.75, 3.05) is 19.0 Å². The highest BCUT2D eigenvalue weighted by Gasteiger charge is 2.23. The molecule has 0 aromatic heterocycles. The molecule has 0 bridgehead atoms. The molecule has 6 nitrogen and oxygen atoms in total. The summed E-state index contributed by atoms with van der Waals surface area (Å²) in [7, 11) is 0. The molecule has 2 N–H and O–H groups in total. The maximum Gasteiger partial charge on any atom is 0.223 e. The molecular weight excluding hydrogens is 448 g/mol. The first-order valence-corrected chi connectivity index (χ1v) is 14.1. The minimum absolute atomic E-state index is 0.0126. The molecular formula is C27H60N2O4S. The Balaban J connectivity index is -0.000000689. The van der Waals surface area contributed by atoms with E-state index in [0.717, 1.165) is 18.6 Å². The van der Waals surface area contributed by atoms with Gasteiger partial charge < -0.3 is 20.1 Å². The Hall–Kier alpha value is -0.790. The van der Waals surface area contributed by atoms with Crippen molar-refractivity contribution in [3.63, 3.8) is 0 Å². The van der Waals surface area contributed by atoms with E-state index in [4.69, 9.17) is 9.47 Å². The lowest BCUT2D eigenvalue weighted by atomic mass is 10.0. The molecule has 0 saturated carbocycles. The van der Waals surface area contributed by atoms with Crippen LogP contribution in [0, 0.1) is 5.92 Å². The summed E-state index contributed by atoms with van der Waals surface area (Å²) in [6.45, 7) is 26.6. The van der Waals surface area contributed by atoms with E-state index in [2.05, 4.69) is 23.3 Å². The first-order valence-electron chi connectivity index (χ1n) is 13.4. The lowest BCUT2D eigenvalue weighted by Crippen LogP contribution is -2.49. The molecule has 0 spiro atoms. The fourth-order valence-electron chi connectivity index (χ4n) is 2.41. The van der Waals surface area contributed by atoms with Gasteiger partial charge in [0.05, 0.1) is 24.4 Å². The van der Waals surface area contributed by atoms with Gasteiger partial charge in [0.25, 0.3) is 0 Å². The van der Waals surface area contributed by atoms with Gasteiger partial charge >= 0.3 is 0 Å². The average molecular weight is 509 g/mol. The molecule has 34 heavy (non-hydrogen) atoms. The lowest BCUT2D eigenvalue weighted by molar-refractivity contribution is -0.126. The van der Waals surface area contributed by atoms with E-state index in [1.807, 2.05) is 90.0 Å². The monoisotopic (exact) mass is 508 g/mol. The van der Waals surface area contributed by atoms with Crippen molar-refractivity contribution in [2.24, 2.45) is 5.92 Å². The molecule has 2 amide bonds. The highest BCUT2D eigenvalue weighted by atomic mass is 32.1. The Kier molecular flexibility index (Phi) is 31.8. The molecule has 7 heteroatoms. The number of rotatable bonds is 15. The van der Waals surface area contributed by atoms with Gasteiger partial charge in [-0.15, -0.1) is 0 Å². The van der Waals surface area contributed by atoms with Crippen LogP contribution < -0.4 is 10.6 Å². The largest absolute Gasteiger partial charge is 0.378 e. The van der Waals surface area contributed by atoms with Gasteiger partial charge in [-0.25, -0.2) is 0 Å². The maximum atomic E-state index is 12.1. The SMILES string of the molecule is CC.CC.CC.CC(CCOC(C)CCS)NC(=O)CCC(C)OCC(C)(C)NC(=O)C(C)C. The Labute approximate surface area is 218 Å². The smallest absolute Gasteiger partial charge is 0.223 e. The van der Waals surface area contributed by atoms with E-state index in [1.165, 1.54) is 0 Å². The number of carbonyl (C=O) groups excluding carboxylic acids is 2. The Morgan fingerprint density at radius 1 is 0.824 bits per heavy atom. The molecule has 0 heterocycles. The van der Waals surface area contributed by atoms with E-state index in [1.54, 1.807) is 0 Å². The van der Waals surface area contributed by atoms with Crippen molar-refractivity contribution >= 4 is 24.4 Å². The van der Waals surface area contributed by atoms with Crippen LogP contribution in [0.2, 0.25) is 0 Å². The van der Waals surface area contributed by atoms with Crippen molar-refractivity contribution in [3.05, 3.63) is 0 Å². The normalized spacial score (nSPS) is 13.0. The predicted molar refractivity (Wildman–Crippen MR) is 152 cm³/mol. The summed E-state index contributed by atoms with van der Waals surface area (Å²) in [5, 5.41) is 5.98. The number of hydrogen-bond donors (Lipinski definition) is 3. The van der Waals surface area contributed by atoms with Crippen molar-refractivity contribution in [1.82, 2.24) is 10.6 Å². The molecule has 3 unspecified atom stereocenters. The van der Waals surface area contributed by atoms with Gasteiger partial charge in [0.2, 0.25) is 11.8 Å². The summed E-state index contributed by atoms with van der Waals surface area (Å²) in [5.74, 6) is 0.797. The van der Waals surface area contributed by atoms with E-state index in [-0.39, 0.29) is 36.0 Å². The zero-order chi connectivity index (χ0) is 27.7. The minimum Gasteiger partial charge on any atom is -0.378 e. The van der Waals surface area contributed by atoms with Crippen LogP contribution in [0.1, 0.15) is 116 Å². The number of nitrogens with one attached hydrogen (secondary N) is 2. The summed E-state index contributed by atoms with van der Waals surface area (Å²) in [6, 6.07) is 0.0807. The zero-order valence-electron chi connectivity index (χ0n) is 24.8. The average Bonchev–Trinajstić information content (AvgIpc) is 2.80. The second-order valence-electron chi connectivity index (χ2n) is 8.64. The second-order valence-corrected chi connectivity index (χ2v) is 9.09. The van der Waals surface area contributed by atoms with Crippen LogP contribution in [0.25, 0.3) is 0 Å². The van der Waals surface area contributed by atoms with E-state index >= 15 is 0 Å². The highest BCUT2D eigenvalue weighted by molar-refractivity contribution is 7.80. The number of carbonyl (C=O) groups is 2. The lowest BCUT2D eigenvalue weighted by Gasteiger charge is -2.28. The number of ether oxygens (including phenoxy) is 2. The van der Waals surface area contributed by atoms with E-state index < -0.39 is 5.54 Å². The molecule has 0 aromatic carbocycles. The van der Waals surface area contributed by atoms with Crippen LogP contribution in [0.4, 0.5) is 0 Å². The first-order chi connectivity index (χ1) is 16.0. The third kappa shape index (κ3) is 27.5. The molecule has 0 radical (unpaired) electrons. The molecule has 0 aliphatic rings. The predicted octanol–water partition coefficient (Wildman–Crippen LogP) is 6.42. The molecule has 0 aromatic rings. The molecule has 208 valence electrons.